The van der Waals surface area contributed by atoms with Crippen LogP contribution in [0, 0.1) is 25.2 Å². The summed E-state index contributed by atoms with van der Waals surface area (Å²) in [4.78, 5) is 0. The van der Waals surface area contributed by atoms with Crippen molar-refractivity contribution in [3.63, 3.8) is 0 Å². The SMILES string of the molecule is COc1ccc(C#N)cc1COc1c(C)ccc(N)c1C. The highest BCUT2D eigenvalue weighted by Crippen LogP contribution is 2.29. The van der Waals surface area contributed by atoms with Crippen LogP contribution in [0.15, 0.2) is 30.3 Å². The molecule has 0 saturated heterocycles. The molecule has 0 bridgehead atoms. The van der Waals surface area contributed by atoms with Gasteiger partial charge in [0.25, 0.3) is 0 Å². The number of anilines is 1. The molecule has 108 valence electrons. The fourth-order valence-corrected chi connectivity index (χ4v) is 2.18. The van der Waals surface area contributed by atoms with Crippen LogP contribution in [-0.2, 0) is 6.61 Å². The fourth-order valence-electron chi connectivity index (χ4n) is 2.18. The number of ether oxygens (including phenoxy) is 2. The molecular weight excluding hydrogens is 264 g/mol. The highest BCUT2D eigenvalue weighted by Gasteiger charge is 2.10. The van der Waals surface area contributed by atoms with Crippen molar-refractivity contribution in [3.05, 3.63) is 52.6 Å². The van der Waals surface area contributed by atoms with Crippen molar-refractivity contribution in [3.8, 4) is 17.6 Å². The fraction of sp³-hybridized carbons (Fsp3) is 0.235. The lowest BCUT2D eigenvalue weighted by molar-refractivity contribution is 0.293. The molecule has 0 amide bonds. The van der Waals surface area contributed by atoms with Gasteiger partial charge in [-0.05, 0) is 43.7 Å². The second-order valence-corrected chi connectivity index (χ2v) is 4.85. The molecule has 0 fully saturated rings. The van der Waals surface area contributed by atoms with E-state index in [2.05, 4.69) is 6.07 Å². The summed E-state index contributed by atoms with van der Waals surface area (Å²) in [5.41, 5.74) is 9.97. The van der Waals surface area contributed by atoms with Crippen molar-refractivity contribution in [2.75, 3.05) is 12.8 Å². The molecule has 21 heavy (non-hydrogen) atoms. The minimum Gasteiger partial charge on any atom is -0.496 e. The normalized spacial score (nSPS) is 10.0. The Labute approximate surface area is 124 Å². The molecule has 0 aliphatic carbocycles. The van der Waals surface area contributed by atoms with Crippen LogP contribution < -0.4 is 15.2 Å². The van der Waals surface area contributed by atoms with Gasteiger partial charge in [0.05, 0.1) is 18.7 Å². The van der Waals surface area contributed by atoms with Crippen molar-refractivity contribution < 1.29 is 9.47 Å². The van der Waals surface area contributed by atoms with E-state index in [1.807, 2.05) is 26.0 Å². The van der Waals surface area contributed by atoms with Crippen molar-refractivity contribution in [1.82, 2.24) is 0 Å². The number of rotatable bonds is 4. The molecule has 0 saturated carbocycles. The van der Waals surface area contributed by atoms with E-state index in [0.29, 0.717) is 23.6 Å². The van der Waals surface area contributed by atoms with E-state index in [0.717, 1.165) is 22.4 Å². The Morgan fingerprint density at radius 1 is 1.19 bits per heavy atom. The number of hydrogen-bond acceptors (Lipinski definition) is 4. The zero-order valence-corrected chi connectivity index (χ0v) is 12.4. The van der Waals surface area contributed by atoms with Gasteiger partial charge >= 0.3 is 0 Å². The van der Waals surface area contributed by atoms with Crippen LogP contribution in [0.3, 0.4) is 0 Å². The molecule has 0 unspecified atom stereocenters. The number of nitrogens with two attached hydrogens (primary N) is 1. The summed E-state index contributed by atoms with van der Waals surface area (Å²) in [6.45, 7) is 4.23. The van der Waals surface area contributed by atoms with Crippen molar-refractivity contribution in [2.24, 2.45) is 0 Å². The monoisotopic (exact) mass is 282 g/mol. The second-order valence-electron chi connectivity index (χ2n) is 4.85. The number of nitriles is 1. The van der Waals surface area contributed by atoms with Gasteiger partial charge in [0, 0.05) is 16.8 Å². The van der Waals surface area contributed by atoms with Crippen molar-refractivity contribution >= 4 is 5.69 Å². The first kappa shape index (κ1) is 14.7. The number of aryl methyl sites for hydroxylation is 1. The van der Waals surface area contributed by atoms with Crippen LogP contribution in [0.25, 0.3) is 0 Å². The molecule has 0 heterocycles. The van der Waals surface area contributed by atoms with Gasteiger partial charge in [-0.15, -0.1) is 0 Å². The number of nitrogens with zero attached hydrogens (tertiary/aromatic N) is 1. The van der Waals surface area contributed by atoms with E-state index >= 15 is 0 Å². The summed E-state index contributed by atoms with van der Waals surface area (Å²) in [5.74, 6) is 1.48. The van der Waals surface area contributed by atoms with Crippen LogP contribution >= 0.6 is 0 Å². The maximum atomic E-state index is 8.99. The molecular formula is C17H18N2O2. The Kier molecular flexibility index (Phi) is 4.34. The van der Waals surface area contributed by atoms with Crippen LogP contribution in [-0.4, -0.2) is 7.11 Å². The highest BCUT2D eigenvalue weighted by atomic mass is 16.5. The third kappa shape index (κ3) is 3.09. The summed E-state index contributed by atoms with van der Waals surface area (Å²) in [7, 11) is 1.60. The predicted octanol–water partition coefficient (Wildman–Crippen LogP) is 3.34. The Hall–Kier alpha value is -2.67. The summed E-state index contributed by atoms with van der Waals surface area (Å²) in [6.07, 6.45) is 0. The molecule has 2 aromatic carbocycles. The lowest BCUT2D eigenvalue weighted by atomic mass is 10.1. The summed E-state index contributed by atoms with van der Waals surface area (Å²) >= 11 is 0. The lowest BCUT2D eigenvalue weighted by Gasteiger charge is -2.15. The molecule has 4 heteroatoms. The van der Waals surface area contributed by atoms with Crippen LogP contribution in [0.2, 0.25) is 0 Å². The minimum atomic E-state index is 0.323. The van der Waals surface area contributed by atoms with Gasteiger partial charge in [-0.25, -0.2) is 0 Å². The van der Waals surface area contributed by atoms with Gasteiger partial charge in [-0.1, -0.05) is 6.07 Å². The first-order chi connectivity index (χ1) is 10.1. The topological polar surface area (TPSA) is 68.3 Å². The molecule has 0 aliphatic heterocycles. The van der Waals surface area contributed by atoms with E-state index in [1.54, 1.807) is 25.3 Å². The first-order valence-electron chi connectivity index (χ1n) is 6.62. The maximum Gasteiger partial charge on any atom is 0.127 e. The van der Waals surface area contributed by atoms with Gasteiger partial charge < -0.3 is 15.2 Å². The molecule has 0 aliphatic rings. The standard InChI is InChI=1S/C17H18N2O2/c1-11-4-6-15(19)12(2)17(11)21-10-14-8-13(9-18)5-7-16(14)20-3/h4-8H,10,19H2,1-3H3. The average Bonchev–Trinajstić information content (AvgIpc) is 2.50. The average molecular weight is 282 g/mol. The molecule has 4 nitrogen and oxygen atoms in total. The summed E-state index contributed by atoms with van der Waals surface area (Å²) in [6, 6.07) is 11.2. The van der Waals surface area contributed by atoms with Gasteiger partial charge in [-0.2, -0.15) is 5.26 Å². The summed E-state index contributed by atoms with van der Waals surface area (Å²) < 4.78 is 11.2. The third-order valence-corrected chi connectivity index (χ3v) is 3.43. The quantitative estimate of drug-likeness (QED) is 0.873. The molecule has 0 atom stereocenters. The Morgan fingerprint density at radius 3 is 2.62 bits per heavy atom. The Morgan fingerprint density at radius 2 is 1.95 bits per heavy atom. The van der Waals surface area contributed by atoms with Gasteiger partial charge in [-0.3, -0.25) is 0 Å². The molecule has 2 N–H and O–H groups in total. The van der Waals surface area contributed by atoms with Crippen LogP contribution in [0.1, 0.15) is 22.3 Å². The Balaban J connectivity index is 2.28. The number of nitrogen functional groups attached to an aromatic ring is 1. The maximum absolute atomic E-state index is 8.99. The van der Waals surface area contributed by atoms with Gasteiger partial charge in [0.2, 0.25) is 0 Å². The largest absolute Gasteiger partial charge is 0.496 e. The second kappa shape index (κ2) is 6.19. The predicted molar refractivity (Wildman–Crippen MR) is 82.4 cm³/mol. The van der Waals surface area contributed by atoms with Gasteiger partial charge in [0.1, 0.15) is 18.1 Å². The van der Waals surface area contributed by atoms with E-state index in [-0.39, 0.29) is 0 Å². The smallest absolute Gasteiger partial charge is 0.127 e. The highest BCUT2D eigenvalue weighted by molar-refractivity contribution is 5.56. The number of hydrogen-bond donors (Lipinski definition) is 1. The molecule has 0 spiro atoms. The van der Waals surface area contributed by atoms with Crippen LogP contribution in [0.4, 0.5) is 5.69 Å². The Bertz CT molecular complexity index is 703. The zero-order chi connectivity index (χ0) is 15.4. The number of methoxy groups -OCH3 is 1. The molecule has 0 aromatic heterocycles. The van der Waals surface area contributed by atoms with Crippen molar-refractivity contribution in [1.29, 1.82) is 5.26 Å². The third-order valence-electron chi connectivity index (χ3n) is 3.43. The zero-order valence-electron chi connectivity index (χ0n) is 12.4. The summed E-state index contributed by atoms with van der Waals surface area (Å²) in [5, 5.41) is 8.99. The molecule has 0 radical (unpaired) electrons. The first-order valence-corrected chi connectivity index (χ1v) is 6.62. The minimum absolute atomic E-state index is 0.323. The van der Waals surface area contributed by atoms with Crippen molar-refractivity contribution in [2.45, 2.75) is 20.5 Å². The van der Waals surface area contributed by atoms with E-state index in [9.17, 15) is 0 Å². The molecule has 2 rings (SSSR count). The van der Waals surface area contributed by atoms with E-state index < -0.39 is 0 Å². The molecule has 2 aromatic rings. The van der Waals surface area contributed by atoms with E-state index in [4.69, 9.17) is 20.5 Å². The van der Waals surface area contributed by atoms with E-state index in [1.165, 1.54) is 0 Å². The lowest BCUT2D eigenvalue weighted by Crippen LogP contribution is -2.03. The van der Waals surface area contributed by atoms with Crippen LogP contribution in [0.5, 0.6) is 11.5 Å². The van der Waals surface area contributed by atoms with Gasteiger partial charge in [0.15, 0.2) is 0 Å². The number of benzene rings is 2.